The van der Waals surface area contributed by atoms with Crippen LogP contribution in [0.1, 0.15) is 32.4 Å². The van der Waals surface area contributed by atoms with Crippen LogP contribution in [0.4, 0.5) is 13.2 Å². The van der Waals surface area contributed by atoms with E-state index in [-0.39, 0.29) is 19.3 Å². The molecule has 0 aromatic carbocycles. The average Bonchev–Trinajstić information content (AvgIpc) is 2.63. The van der Waals surface area contributed by atoms with Crippen LogP contribution in [0.3, 0.4) is 0 Å². The second-order valence-corrected chi connectivity index (χ2v) is 4.49. The predicted molar refractivity (Wildman–Crippen MR) is 62.5 cm³/mol. The Morgan fingerprint density at radius 3 is 2.72 bits per heavy atom. The molecule has 0 radical (unpaired) electrons. The van der Waals surface area contributed by atoms with Gasteiger partial charge in [0.15, 0.2) is 0 Å². The van der Waals surface area contributed by atoms with Crippen molar-refractivity contribution in [2.45, 2.75) is 52.1 Å². The maximum Gasteiger partial charge on any atom is 0.390 e. The molecule has 0 spiro atoms. The summed E-state index contributed by atoms with van der Waals surface area (Å²) in [5.41, 5.74) is 0.471. The molecule has 1 rings (SSSR count). The highest BCUT2D eigenvalue weighted by molar-refractivity contribution is 6.31. The SMILES string of the molecule is CC[C@H](C)OCc1nn(CCC(F)(F)F)cc1Cl. The number of ether oxygens (including phenoxy) is 1. The zero-order valence-electron chi connectivity index (χ0n) is 10.3. The van der Waals surface area contributed by atoms with Crippen molar-refractivity contribution in [1.82, 2.24) is 9.78 Å². The van der Waals surface area contributed by atoms with Crippen LogP contribution in [0.2, 0.25) is 5.02 Å². The molecule has 0 N–H and O–H groups in total. The largest absolute Gasteiger partial charge is 0.390 e. The van der Waals surface area contributed by atoms with Gasteiger partial charge in [0.25, 0.3) is 0 Å². The van der Waals surface area contributed by atoms with Crippen LogP contribution >= 0.6 is 11.6 Å². The van der Waals surface area contributed by atoms with Gasteiger partial charge in [0.1, 0.15) is 5.69 Å². The molecule has 0 bridgehead atoms. The minimum atomic E-state index is -4.19. The molecule has 0 unspecified atom stereocenters. The first-order valence-electron chi connectivity index (χ1n) is 5.72. The third-order valence-electron chi connectivity index (χ3n) is 2.49. The van der Waals surface area contributed by atoms with Crippen LogP contribution in [-0.2, 0) is 17.9 Å². The molecule has 1 aromatic heterocycles. The van der Waals surface area contributed by atoms with E-state index in [9.17, 15) is 13.2 Å². The third kappa shape index (κ3) is 5.27. The van der Waals surface area contributed by atoms with Gasteiger partial charge in [-0.3, -0.25) is 4.68 Å². The Bertz CT molecular complexity index is 379. The summed E-state index contributed by atoms with van der Waals surface area (Å²) in [6, 6.07) is 0. The van der Waals surface area contributed by atoms with E-state index in [1.165, 1.54) is 10.9 Å². The Morgan fingerprint density at radius 2 is 2.17 bits per heavy atom. The lowest BCUT2D eigenvalue weighted by Gasteiger charge is -2.09. The first-order valence-corrected chi connectivity index (χ1v) is 6.09. The minimum Gasteiger partial charge on any atom is -0.372 e. The summed E-state index contributed by atoms with van der Waals surface area (Å²) in [6.45, 7) is 3.88. The first-order chi connectivity index (χ1) is 8.31. The molecule has 3 nitrogen and oxygen atoms in total. The summed E-state index contributed by atoms with van der Waals surface area (Å²) < 4.78 is 42.8. The number of aryl methyl sites for hydroxylation is 1. The highest BCUT2D eigenvalue weighted by atomic mass is 35.5. The van der Waals surface area contributed by atoms with Crippen molar-refractivity contribution in [3.05, 3.63) is 16.9 Å². The molecule has 0 saturated heterocycles. The average molecular weight is 285 g/mol. The number of aromatic nitrogens is 2. The van der Waals surface area contributed by atoms with Gasteiger partial charge in [-0.1, -0.05) is 18.5 Å². The fraction of sp³-hybridized carbons (Fsp3) is 0.727. The van der Waals surface area contributed by atoms with Crippen LogP contribution in [0.25, 0.3) is 0 Å². The van der Waals surface area contributed by atoms with Gasteiger partial charge < -0.3 is 4.74 Å². The zero-order valence-corrected chi connectivity index (χ0v) is 11.1. The molecule has 0 aliphatic carbocycles. The summed E-state index contributed by atoms with van der Waals surface area (Å²) in [5.74, 6) is 0. The van der Waals surface area contributed by atoms with Crippen LogP contribution in [0, 0.1) is 0 Å². The van der Waals surface area contributed by atoms with Crippen molar-refractivity contribution in [2.75, 3.05) is 0 Å². The van der Waals surface area contributed by atoms with Gasteiger partial charge in [-0.2, -0.15) is 18.3 Å². The van der Waals surface area contributed by atoms with Gasteiger partial charge in [-0.15, -0.1) is 0 Å². The van der Waals surface area contributed by atoms with Crippen molar-refractivity contribution in [2.24, 2.45) is 0 Å². The molecule has 0 aliphatic rings. The lowest BCUT2D eigenvalue weighted by Crippen LogP contribution is -2.13. The van der Waals surface area contributed by atoms with E-state index in [1.807, 2.05) is 13.8 Å². The number of hydrogen-bond donors (Lipinski definition) is 0. The normalized spacial score (nSPS) is 13.9. The molecule has 18 heavy (non-hydrogen) atoms. The summed E-state index contributed by atoms with van der Waals surface area (Å²) in [5, 5.41) is 4.31. The predicted octanol–water partition coefficient (Wildman–Crippen LogP) is 3.80. The van der Waals surface area contributed by atoms with Gasteiger partial charge in [-0.25, -0.2) is 0 Å². The standard InChI is InChI=1S/C11H16ClF3N2O/c1-3-8(2)18-7-10-9(12)6-17(16-10)5-4-11(13,14)15/h6,8H,3-5,7H2,1-2H3/t8-/m0/s1. The molecular weight excluding hydrogens is 269 g/mol. The summed E-state index contributed by atoms with van der Waals surface area (Å²) >= 11 is 5.88. The second kappa shape index (κ2) is 6.43. The monoisotopic (exact) mass is 284 g/mol. The highest BCUT2D eigenvalue weighted by Gasteiger charge is 2.27. The van der Waals surface area contributed by atoms with Crippen molar-refractivity contribution >= 4 is 11.6 Å². The fourth-order valence-corrected chi connectivity index (χ4v) is 1.43. The topological polar surface area (TPSA) is 27.1 Å². The molecule has 1 atom stereocenters. The lowest BCUT2D eigenvalue weighted by molar-refractivity contribution is -0.137. The third-order valence-corrected chi connectivity index (χ3v) is 2.81. The van der Waals surface area contributed by atoms with Crippen LogP contribution in [0.5, 0.6) is 0 Å². The Labute approximate surface area is 109 Å². The van der Waals surface area contributed by atoms with Crippen molar-refractivity contribution in [3.8, 4) is 0 Å². The van der Waals surface area contributed by atoms with Crippen LogP contribution < -0.4 is 0 Å². The number of halogens is 4. The fourth-order valence-electron chi connectivity index (χ4n) is 1.23. The van der Waals surface area contributed by atoms with E-state index in [2.05, 4.69) is 5.10 Å². The number of alkyl halides is 3. The zero-order chi connectivity index (χ0) is 13.8. The van der Waals surface area contributed by atoms with Crippen molar-refractivity contribution < 1.29 is 17.9 Å². The van der Waals surface area contributed by atoms with Gasteiger partial charge in [0.2, 0.25) is 0 Å². The lowest BCUT2D eigenvalue weighted by atomic mass is 10.3. The molecule has 1 aromatic rings. The first kappa shape index (κ1) is 15.3. The van der Waals surface area contributed by atoms with Gasteiger partial charge in [0.05, 0.1) is 24.2 Å². The quantitative estimate of drug-likeness (QED) is 0.794. The van der Waals surface area contributed by atoms with E-state index >= 15 is 0 Å². The van der Waals surface area contributed by atoms with E-state index in [0.717, 1.165) is 6.42 Å². The smallest absolute Gasteiger partial charge is 0.372 e. The van der Waals surface area contributed by atoms with Crippen LogP contribution in [0.15, 0.2) is 6.20 Å². The molecule has 0 aliphatic heterocycles. The maximum atomic E-state index is 12.0. The molecule has 0 fully saturated rings. The second-order valence-electron chi connectivity index (χ2n) is 4.08. The van der Waals surface area contributed by atoms with E-state index in [0.29, 0.717) is 10.7 Å². The molecule has 104 valence electrons. The van der Waals surface area contributed by atoms with E-state index in [4.69, 9.17) is 16.3 Å². The highest BCUT2D eigenvalue weighted by Crippen LogP contribution is 2.21. The maximum absolute atomic E-state index is 12.0. The number of nitrogens with zero attached hydrogens (tertiary/aromatic N) is 2. The minimum absolute atomic E-state index is 0.0707. The number of rotatable bonds is 6. The van der Waals surface area contributed by atoms with Crippen molar-refractivity contribution in [1.29, 1.82) is 0 Å². The van der Waals surface area contributed by atoms with Gasteiger partial charge in [-0.05, 0) is 13.3 Å². The van der Waals surface area contributed by atoms with Crippen molar-refractivity contribution in [3.63, 3.8) is 0 Å². The molecule has 1 heterocycles. The van der Waals surface area contributed by atoms with Gasteiger partial charge in [0, 0.05) is 12.7 Å². The molecule has 7 heteroatoms. The Morgan fingerprint density at radius 1 is 1.50 bits per heavy atom. The molecular formula is C11H16ClF3N2O. The summed E-state index contributed by atoms with van der Waals surface area (Å²) in [6.07, 6.45) is -2.79. The molecule has 0 saturated carbocycles. The Balaban J connectivity index is 2.53. The summed E-state index contributed by atoms with van der Waals surface area (Å²) in [4.78, 5) is 0. The molecule has 0 amide bonds. The number of hydrogen-bond acceptors (Lipinski definition) is 2. The van der Waals surface area contributed by atoms with Crippen LogP contribution in [-0.4, -0.2) is 22.1 Å². The van der Waals surface area contributed by atoms with E-state index < -0.39 is 12.6 Å². The Kier molecular flexibility index (Phi) is 5.47. The van der Waals surface area contributed by atoms with Gasteiger partial charge >= 0.3 is 6.18 Å². The summed E-state index contributed by atoms with van der Waals surface area (Å²) in [7, 11) is 0. The van der Waals surface area contributed by atoms with E-state index in [1.54, 1.807) is 0 Å². The Hall–Kier alpha value is -0.750.